The third kappa shape index (κ3) is 1.68. The highest BCUT2D eigenvalue weighted by atomic mass is 32.2. The molecule has 0 aliphatic heterocycles. The van der Waals surface area contributed by atoms with Crippen molar-refractivity contribution in [1.82, 2.24) is 19.2 Å². The molecule has 0 radical (unpaired) electrons. The number of thiol groups is 1. The molecule has 3 aromatic rings. The van der Waals surface area contributed by atoms with Crippen molar-refractivity contribution in [2.75, 3.05) is 0 Å². The van der Waals surface area contributed by atoms with Crippen LogP contribution in [0.15, 0.2) is 41.9 Å². The van der Waals surface area contributed by atoms with Crippen molar-refractivity contribution in [3.63, 3.8) is 0 Å². The average Bonchev–Trinajstić information content (AvgIpc) is 2.93. The predicted octanol–water partition coefficient (Wildman–Crippen LogP) is 0.705. The molecule has 0 unspecified atom stereocenters. The van der Waals surface area contributed by atoms with E-state index in [2.05, 4.69) is 10.1 Å². The van der Waals surface area contributed by atoms with Crippen LogP contribution in [0.2, 0.25) is 0 Å². The number of fused-ring (bicyclic) bond motifs is 1. The molecule has 3 heterocycles. The SMILES string of the molecule is Cn1cc(-c2ccc3ncc([SH](=O)=O)n3c2)cn1. The van der Waals surface area contributed by atoms with Crippen LogP contribution >= 0.6 is 0 Å². The van der Waals surface area contributed by atoms with Gasteiger partial charge in [-0.1, -0.05) is 0 Å². The molecule has 0 aliphatic carbocycles. The molecule has 0 saturated heterocycles. The lowest BCUT2D eigenvalue weighted by Crippen LogP contribution is -1.91. The molecule has 0 fully saturated rings. The molecule has 0 aliphatic rings. The van der Waals surface area contributed by atoms with Crippen molar-refractivity contribution in [1.29, 1.82) is 0 Å². The van der Waals surface area contributed by atoms with Gasteiger partial charge in [-0.25, -0.2) is 13.4 Å². The first-order valence-corrected chi connectivity index (χ1v) is 6.43. The summed E-state index contributed by atoms with van der Waals surface area (Å²) in [4.78, 5) is 4.04. The molecule has 0 aromatic carbocycles. The standard InChI is InChI=1S/C11H10N4O2S/c1-14-6-9(4-13-14)8-2-3-10-12-5-11(18(16)17)15(10)7-8/h2-7,18H,1H3. The first kappa shape index (κ1) is 11.0. The fourth-order valence-corrected chi connectivity index (χ4v) is 2.33. The van der Waals surface area contributed by atoms with E-state index >= 15 is 0 Å². The van der Waals surface area contributed by atoms with Gasteiger partial charge in [0.15, 0.2) is 15.7 Å². The smallest absolute Gasteiger partial charge is 0.185 e. The highest BCUT2D eigenvalue weighted by Gasteiger charge is 2.07. The topological polar surface area (TPSA) is 69.3 Å². The molecule has 92 valence electrons. The number of nitrogens with zero attached hydrogens (tertiary/aromatic N) is 4. The van der Waals surface area contributed by atoms with Gasteiger partial charge in [0.05, 0.1) is 12.4 Å². The Balaban J connectivity index is 2.23. The van der Waals surface area contributed by atoms with Crippen LogP contribution in [0.3, 0.4) is 0 Å². The van der Waals surface area contributed by atoms with Gasteiger partial charge in [-0.05, 0) is 12.1 Å². The van der Waals surface area contributed by atoms with Gasteiger partial charge in [0.1, 0.15) is 5.65 Å². The van der Waals surface area contributed by atoms with E-state index in [0.717, 1.165) is 11.1 Å². The van der Waals surface area contributed by atoms with Gasteiger partial charge in [-0.15, -0.1) is 0 Å². The quantitative estimate of drug-likeness (QED) is 0.690. The van der Waals surface area contributed by atoms with E-state index in [0.29, 0.717) is 5.65 Å². The highest BCUT2D eigenvalue weighted by Crippen LogP contribution is 2.20. The zero-order chi connectivity index (χ0) is 12.7. The number of hydrogen-bond donors (Lipinski definition) is 1. The van der Waals surface area contributed by atoms with Crippen LogP contribution < -0.4 is 0 Å². The van der Waals surface area contributed by atoms with E-state index in [1.54, 1.807) is 27.5 Å². The number of aromatic nitrogens is 4. The molecule has 0 bridgehead atoms. The van der Waals surface area contributed by atoms with Crippen LogP contribution in [0, 0.1) is 0 Å². The summed E-state index contributed by atoms with van der Waals surface area (Å²) in [6.07, 6.45) is 6.71. The van der Waals surface area contributed by atoms with Crippen molar-refractivity contribution < 1.29 is 8.42 Å². The van der Waals surface area contributed by atoms with Crippen molar-refractivity contribution >= 4 is 16.4 Å². The molecule has 0 spiro atoms. The van der Waals surface area contributed by atoms with Gasteiger partial charge in [0.2, 0.25) is 0 Å². The minimum atomic E-state index is -2.65. The molecular weight excluding hydrogens is 252 g/mol. The number of hydrogen-bond acceptors (Lipinski definition) is 4. The van der Waals surface area contributed by atoms with E-state index in [1.807, 2.05) is 19.3 Å². The first-order chi connectivity index (χ1) is 8.65. The molecule has 3 rings (SSSR count). The number of pyridine rings is 1. The van der Waals surface area contributed by atoms with Gasteiger partial charge in [0, 0.05) is 30.6 Å². The highest BCUT2D eigenvalue weighted by molar-refractivity contribution is 7.72. The van der Waals surface area contributed by atoms with Crippen LogP contribution in [-0.2, 0) is 17.8 Å². The summed E-state index contributed by atoms with van der Waals surface area (Å²) in [5, 5.41) is 4.28. The Hall–Kier alpha value is -2.15. The third-order valence-electron chi connectivity index (χ3n) is 2.71. The minimum Gasteiger partial charge on any atom is -0.290 e. The number of rotatable bonds is 2. The van der Waals surface area contributed by atoms with Crippen LogP contribution in [0.5, 0.6) is 0 Å². The van der Waals surface area contributed by atoms with Crippen molar-refractivity contribution in [3.8, 4) is 11.1 Å². The van der Waals surface area contributed by atoms with Crippen molar-refractivity contribution in [2.24, 2.45) is 7.05 Å². The average molecular weight is 262 g/mol. The summed E-state index contributed by atoms with van der Waals surface area (Å²) in [7, 11) is -0.822. The Morgan fingerprint density at radius 1 is 1.11 bits per heavy atom. The number of imidazole rings is 1. The summed E-state index contributed by atoms with van der Waals surface area (Å²) in [6.45, 7) is 0. The largest absolute Gasteiger partial charge is 0.290 e. The number of aryl methyl sites for hydroxylation is 1. The van der Waals surface area contributed by atoms with Crippen molar-refractivity contribution in [2.45, 2.75) is 5.03 Å². The Labute approximate surface area is 104 Å². The fraction of sp³-hybridized carbons (Fsp3) is 0.0909. The second kappa shape index (κ2) is 3.95. The lowest BCUT2D eigenvalue weighted by Gasteiger charge is -2.00. The van der Waals surface area contributed by atoms with Gasteiger partial charge < -0.3 is 0 Å². The Morgan fingerprint density at radius 2 is 1.94 bits per heavy atom. The van der Waals surface area contributed by atoms with Gasteiger partial charge in [0.25, 0.3) is 0 Å². The van der Waals surface area contributed by atoms with E-state index in [9.17, 15) is 8.42 Å². The molecule has 0 N–H and O–H groups in total. The molecule has 0 atom stereocenters. The lowest BCUT2D eigenvalue weighted by molar-refractivity contribution is 0.610. The Morgan fingerprint density at radius 3 is 2.61 bits per heavy atom. The Kier molecular flexibility index (Phi) is 2.41. The van der Waals surface area contributed by atoms with Gasteiger partial charge >= 0.3 is 0 Å². The molecule has 0 amide bonds. The minimum absolute atomic E-state index is 0.186. The molecule has 18 heavy (non-hydrogen) atoms. The van der Waals surface area contributed by atoms with E-state index < -0.39 is 10.7 Å². The zero-order valence-electron chi connectivity index (χ0n) is 9.52. The maximum Gasteiger partial charge on any atom is 0.185 e. The molecule has 0 saturated carbocycles. The van der Waals surface area contributed by atoms with E-state index in [-0.39, 0.29) is 5.03 Å². The maximum absolute atomic E-state index is 11.1. The van der Waals surface area contributed by atoms with Gasteiger partial charge in [-0.3, -0.25) is 9.08 Å². The van der Waals surface area contributed by atoms with Crippen molar-refractivity contribution in [3.05, 3.63) is 36.9 Å². The zero-order valence-corrected chi connectivity index (χ0v) is 10.4. The molecule has 7 heteroatoms. The summed E-state index contributed by atoms with van der Waals surface area (Å²) >= 11 is 0. The summed E-state index contributed by atoms with van der Waals surface area (Å²) < 4.78 is 25.4. The summed E-state index contributed by atoms with van der Waals surface area (Å²) in [5.74, 6) is 0. The van der Waals surface area contributed by atoms with Gasteiger partial charge in [-0.2, -0.15) is 5.10 Å². The first-order valence-electron chi connectivity index (χ1n) is 5.25. The van der Waals surface area contributed by atoms with E-state index in [1.165, 1.54) is 6.20 Å². The predicted molar refractivity (Wildman–Crippen MR) is 66.0 cm³/mol. The van der Waals surface area contributed by atoms with Crippen LogP contribution in [0.25, 0.3) is 16.8 Å². The third-order valence-corrected chi connectivity index (χ3v) is 3.42. The molecular formula is C11H10N4O2S. The lowest BCUT2D eigenvalue weighted by atomic mass is 10.2. The Bertz CT molecular complexity index is 792. The monoisotopic (exact) mass is 262 g/mol. The fourth-order valence-electron chi connectivity index (χ4n) is 1.84. The normalized spacial score (nSPS) is 11.4. The molecule has 6 nitrogen and oxygen atoms in total. The van der Waals surface area contributed by atoms with Crippen LogP contribution in [-0.4, -0.2) is 27.6 Å². The summed E-state index contributed by atoms with van der Waals surface area (Å²) in [6, 6.07) is 3.67. The van der Waals surface area contributed by atoms with Crippen LogP contribution in [0.1, 0.15) is 0 Å². The summed E-state index contributed by atoms with van der Waals surface area (Å²) in [5.41, 5.74) is 2.43. The van der Waals surface area contributed by atoms with Crippen LogP contribution in [0.4, 0.5) is 0 Å². The molecule has 3 aromatic heterocycles. The maximum atomic E-state index is 11.1. The second-order valence-corrected chi connectivity index (χ2v) is 4.89. The second-order valence-electron chi connectivity index (χ2n) is 3.92. The van der Waals surface area contributed by atoms with E-state index in [4.69, 9.17) is 0 Å².